The molecule has 0 spiro atoms. The van der Waals surface area contributed by atoms with Crippen LogP contribution in [0.5, 0.6) is 0 Å². The number of aromatic nitrogens is 2. The van der Waals surface area contributed by atoms with E-state index in [-0.39, 0.29) is 18.1 Å². The van der Waals surface area contributed by atoms with Gasteiger partial charge in [0, 0.05) is 52.6 Å². The number of rotatable bonds is 5. The number of aryl methyl sites for hydroxylation is 2. The van der Waals surface area contributed by atoms with Crippen molar-refractivity contribution >= 4 is 33.6 Å². The third kappa shape index (κ3) is 4.09. The largest absolute Gasteiger partial charge is 0.372 e. The van der Waals surface area contributed by atoms with Crippen LogP contribution in [0.25, 0.3) is 32.9 Å². The molecular formula is C29H32N4O4. The lowest BCUT2D eigenvalue weighted by Gasteiger charge is -2.35. The lowest BCUT2D eigenvalue weighted by atomic mass is 9.97. The first kappa shape index (κ1) is 23.7. The van der Waals surface area contributed by atoms with Gasteiger partial charge in [0.25, 0.3) is 5.91 Å². The highest BCUT2D eigenvalue weighted by Crippen LogP contribution is 2.40. The van der Waals surface area contributed by atoms with E-state index in [2.05, 4.69) is 15.8 Å². The number of hydrogen-bond donors (Lipinski definition) is 1. The number of benzene rings is 2. The predicted octanol–water partition coefficient (Wildman–Crippen LogP) is 4.82. The molecule has 0 bridgehead atoms. The number of nitrogens with two attached hydrogens (primary N) is 1. The van der Waals surface area contributed by atoms with Crippen molar-refractivity contribution in [3.05, 3.63) is 52.9 Å². The summed E-state index contributed by atoms with van der Waals surface area (Å²) in [6, 6.07) is 9.77. The van der Waals surface area contributed by atoms with Gasteiger partial charge in [0.2, 0.25) is 5.91 Å². The summed E-state index contributed by atoms with van der Waals surface area (Å²) in [5.74, 6) is 0.770. The normalized spacial score (nSPS) is 20.2. The Morgan fingerprint density at radius 1 is 1.05 bits per heavy atom. The highest BCUT2D eigenvalue weighted by Gasteiger charge is 2.29. The number of nitrogens with zero attached hydrogens (tertiary/aromatic N) is 3. The number of amides is 2. The predicted molar refractivity (Wildman–Crippen MR) is 142 cm³/mol. The second-order valence-electron chi connectivity index (χ2n) is 10.7. The molecule has 2 aromatic carbocycles. The van der Waals surface area contributed by atoms with E-state index in [1.807, 2.05) is 56.9 Å². The zero-order valence-electron chi connectivity index (χ0n) is 21.7. The van der Waals surface area contributed by atoms with E-state index >= 15 is 0 Å². The van der Waals surface area contributed by atoms with Crippen molar-refractivity contribution in [1.82, 2.24) is 14.6 Å². The summed E-state index contributed by atoms with van der Waals surface area (Å²) in [5.41, 5.74) is 11.4. The van der Waals surface area contributed by atoms with Gasteiger partial charge in [-0.15, -0.1) is 0 Å². The van der Waals surface area contributed by atoms with Gasteiger partial charge in [-0.3, -0.25) is 9.59 Å². The molecular weight excluding hydrogens is 468 g/mol. The lowest BCUT2D eigenvalue weighted by molar-refractivity contribution is -0.0586. The Kier molecular flexibility index (Phi) is 5.60. The first-order chi connectivity index (χ1) is 17.7. The van der Waals surface area contributed by atoms with E-state index in [9.17, 15) is 9.59 Å². The van der Waals surface area contributed by atoms with Crippen molar-refractivity contribution in [3.8, 4) is 11.1 Å². The minimum absolute atomic E-state index is 0.0129. The molecule has 192 valence electrons. The fraction of sp³-hybridized carbons (Fsp3) is 0.414. The second-order valence-corrected chi connectivity index (χ2v) is 10.7. The maximum atomic E-state index is 13.5. The molecule has 3 heterocycles. The molecule has 8 nitrogen and oxygen atoms in total. The number of primary amides is 1. The average Bonchev–Trinajstić information content (AvgIpc) is 3.55. The highest BCUT2D eigenvalue weighted by atomic mass is 16.5. The summed E-state index contributed by atoms with van der Waals surface area (Å²) in [6.45, 7) is 9.70. The zero-order chi connectivity index (χ0) is 26.0. The molecule has 1 saturated carbocycles. The molecule has 8 heteroatoms. The van der Waals surface area contributed by atoms with Crippen LogP contribution in [0.1, 0.15) is 58.9 Å². The van der Waals surface area contributed by atoms with Crippen molar-refractivity contribution in [2.75, 3.05) is 13.1 Å². The number of ether oxygens (including phenoxy) is 1. The Bertz CT molecular complexity index is 1530. The number of morpholine rings is 1. The minimum Gasteiger partial charge on any atom is -0.372 e. The zero-order valence-corrected chi connectivity index (χ0v) is 21.7. The van der Waals surface area contributed by atoms with Gasteiger partial charge in [-0.05, 0) is 82.3 Å². The van der Waals surface area contributed by atoms with E-state index in [0.29, 0.717) is 35.9 Å². The maximum Gasteiger partial charge on any atom is 0.254 e. The van der Waals surface area contributed by atoms with Gasteiger partial charge >= 0.3 is 0 Å². The van der Waals surface area contributed by atoms with Gasteiger partial charge in [0.05, 0.1) is 23.4 Å². The van der Waals surface area contributed by atoms with Gasteiger partial charge in [-0.1, -0.05) is 5.16 Å². The quantitative estimate of drug-likeness (QED) is 0.423. The Morgan fingerprint density at radius 2 is 1.78 bits per heavy atom. The van der Waals surface area contributed by atoms with Crippen molar-refractivity contribution in [2.45, 2.75) is 59.3 Å². The third-order valence-corrected chi connectivity index (χ3v) is 7.64. The molecule has 1 aliphatic heterocycles. The monoisotopic (exact) mass is 500 g/mol. The fourth-order valence-electron chi connectivity index (χ4n) is 5.87. The molecule has 6 rings (SSSR count). The molecule has 2 atom stereocenters. The fourth-order valence-corrected chi connectivity index (χ4v) is 5.87. The highest BCUT2D eigenvalue weighted by molar-refractivity contribution is 6.20. The Balaban J connectivity index is 1.57. The number of fused-ring (bicyclic) bond motifs is 3. The van der Waals surface area contributed by atoms with E-state index in [4.69, 9.17) is 15.0 Å². The van der Waals surface area contributed by atoms with Crippen LogP contribution in [-0.4, -0.2) is 51.7 Å². The van der Waals surface area contributed by atoms with E-state index in [0.717, 1.165) is 45.2 Å². The standard InChI is InChI=1S/C29H32N4O4/c1-15-12-32(13-16(2)36-15)29(35)20-7-8-24-22(9-20)27-23(28(30)34)10-21(26-17(3)31-37-18(26)4)11-25(27)33(24)14-19-5-6-19/h7-11,15-16,19H,5-6,12-14H2,1-4H3,(H2,30,34)/t15-,16+. The van der Waals surface area contributed by atoms with Gasteiger partial charge in [-0.2, -0.15) is 0 Å². The first-order valence-corrected chi connectivity index (χ1v) is 13.0. The van der Waals surface area contributed by atoms with Crippen LogP contribution in [0.4, 0.5) is 0 Å². The van der Waals surface area contributed by atoms with Crippen molar-refractivity contribution in [3.63, 3.8) is 0 Å². The number of carbonyl (C=O) groups excluding carboxylic acids is 2. The number of hydrogen-bond acceptors (Lipinski definition) is 5. The van der Waals surface area contributed by atoms with Crippen molar-refractivity contribution in [1.29, 1.82) is 0 Å². The van der Waals surface area contributed by atoms with Crippen LogP contribution >= 0.6 is 0 Å². The molecule has 0 unspecified atom stereocenters. The summed E-state index contributed by atoms with van der Waals surface area (Å²) in [7, 11) is 0. The van der Waals surface area contributed by atoms with Gasteiger partial charge in [-0.25, -0.2) is 0 Å². The lowest BCUT2D eigenvalue weighted by Crippen LogP contribution is -2.48. The van der Waals surface area contributed by atoms with Gasteiger partial charge in [0.15, 0.2) is 0 Å². The summed E-state index contributed by atoms with van der Waals surface area (Å²) in [5, 5.41) is 5.77. The molecule has 37 heavy (non-hydrogen) atoms. The Hall–Kier alpha value is -3.65. The van der Waals surface area contributed by atoms with E-state index in [1.54, 1.807) is 0 Å². The maximum absolute atomic E-state index is 13.5. The summed E-state index contributed by atoms with van der Waals surface area (Å²) in [4.78, 5) is 28.2. The van der Waals surface area contributed by atoms with Crippen LogP contribution in [-0.2, 0) is 11.3 Å². The Morgan fingerprint density at radius 3 is 2.41 bits per heavy atom. The molecule has 1 aliphatic carbocycles. The smallest absolute Gasteiger partial charge is 0.254 e. The molecule has 4 aromatic rings. The Labute approximate surface area is 215 Å². The van der Waals surface area contributed by atoms with Gasteiger partial charge in [0.1, 0.15) is 5.76 Å². The SMILES string of the molecule is Cc1noc(C)c1-c1cc(C(N)=O)c2c3cc(C(=O)N4C[C@@H](C)O[C@@H](C)C4)ccc3n(CC3CC3)c2c1. The van der Waals surface area contributed by atoms with Gasteiger partial charge < -0.3 is 24.5 Å². The van der Waals surface area contributed by atoms with E-state index < -0.39 is 5.91 Å². The summed E-state index contributed by atoms with van der Waals surface area (Å²) < 4.78 is 13.5. The van der Waals surface area contributed by atoms with Crippen LogP contribution in [0.3, 0.4) is 0 Å². The van der Waals surface area contributed by atoms with Crippen LogP contribution in [0.2, 0.25) is 0 Å². The molecule has 2 amide bonds. The first-order valence-electron chi connectivity index (χ1n) is 13.0. The average molecular weight is 501 g/mol. The molecule has 2 fully saturated rings. The summed E-state index contributed by atoms with van der Waals surface area (Å²) in [6.07, 6.45) is 2.36. The molecule has 2 aliphatic rings. The molecule has 0 radical (unpaired) electrons. The van der Waals surface area contributed by atoms with Crippen LogP contribution in [0.15, 0.2) is 34.9 Å². The molecule has 2 N–H and O–H groups in total. The molecule has 1 saturated heterocycles. The van der Waals surface area contributed by atoms with Crippen molar-refractivity contribution < 1.29 is 18.8 Å². The third-order valence-electron chi connectivity index (χ3n) is 7.64. The molecule has 2 aromatic heterocycles. The minimum atomic E-state index is -0.503. The summed E-state index contributed by atoms with van der Waals surface area (Å²) >= 11 is 0. The van der Waals surface area contributed by atoms with Crippen molar-refractivity contribution in [2.24, 2.45) is 11.7 Å². The van der Waals surface area contributed by atoms with Crippen LogP contribution in [0, 0.1) is 19.8 Å². The second kappa shape index (κ2) is 8.73. The number of carbonyl (C=O) groups is 2. The van der Waals surface area contributed by atoms with Crippen LogP contribution < -0.4 is 5.73 Å². The van der Waals surface area contributed by atoms with E-state index in [1.165, 1.54) is 12.8 Å². The topological polar surface area (TPSA) is 104 Å².